The van der Waals surface area contributed by atoms with Crippen molar-refractivity contribution in [2.45, 2.75) is 71.7 Å². The Labute approximate surface area is 159 Å². The summed E-state index contributed by atoms with van der Waals surface area (Å²) in [6.45, 7) is 9.22. The van der Waals surface area contributed by atoms with E-state index in [2.05, 4.69) is 0 Å². The van der Waals surface area contributed by atoms with Gasteiger partial charge >= 0.3 is 11.9 Å². The van der Waals surface area contributed by atoms with Crippen LogP contribution in [-0.2, 0) is 20.7 Å². The van der Waals surface area contributed by atoms with Gasteiger partial charge in [-0.2, -0.15) is 0 Å². The fourth-order valence-electron chi connectivity index (χ4n) is 3.74. The zero-order chi connectivity index (χ0) is 19.9. The van der Waals surface area contributed by atoms with Crippen molar-refractivity contribution < 1.29 is 28.9 Å². The molecule has 6 heteroatoms. The lowest BCUT2D eigenvalue weighted by atomic mass is 9.92. The summed E-state index contributed by atoms with van der Waals surface area (Å²) in [7, 11) is 0. The van der Waals surface area contributed by atoms with E-state index in [1.807, 2.05) is 33.8 Å². The normalized spacial score (nSPS) is 23.7. The Kier molecular flexibility index (Phi) is 5.04. The average molecular weight is 374 g/mol. The first-order chi connectivity index (χ1) is 12.6. The van der Waals surface area contributed by atoms with Crippen LogP contribution < -0.4 is 9.47 Å². The molecule has 0 amide bonds. The molecular weight excluding hydrogens is 348 g/mol. The summed E-state index contributed by atoms with van der Waals surface area (Å²) >= 11 is 0. The van der Waals surface area contributed by atoms with Crippen LogP contribution in [0.5, 0.6) is 11.5 Å². The molecule has 1 saturated heterocycles. The molecule has 27 heavy (non-hydrogen) atoms. The summed E-state index contributed by atoms with van der Waals surface area (Å²) < 4.78 is 16.9. The van der Waals surface area contributed by atoms with Crippen LogP contribution in [0.1, 0.15) is 55.9 Å². The molecule has 2 atom stereocenters. The topological polar surface area (TPSA) is 82.1 Å². The van der Waals surface area contributed by atoms with Crippen molar-refractivity contribution in [1.82, 2.24) is 0 Å². The minimum atomic E-state index is -0.697. The highest BCUT2D eigenvalue weighted by Crippen LogP contribution is 2.46. The number of benzene rings is 1. The van der Waals surface area contributed by atoms with Crippen molar-refractivity contribution in [1.29, 1.82) is 0 Å². The van der Waals surface area contributed by atoms with Gasteiger partial charge in [-0.1, -0.05) is 6.08 Å². The first kappa shape index (κ1) is 19.4. The molecule has 0 radical (unpaired) electrons. The van der Waals surface area contributed by atoms with E-state index in [1.165, 1.54) is 6.92 Å². The van der Waals surface area contributed by atoms with Gasteiger partial charge in [0.2, 0.25) is 0 Å². The van der Waals surface area contributed by atoms with Crippen LogP contribution in [0, 0.1) is 13.8 Å². The van der Waals surface area contributed by atoms with Gasteiger partial charge in [0.1, 0.15) is 23.2 Å². The molecule has 2 heterocycles. The van der Waals surface area contributed by atoms with Crippen molar-refractivity contribution in [2.24, 2.45) is 0 Å². The maximum absolute atomic E-state index is 11.6. The Hall–Kier alpha value is -2.34. The van der Waals surface area contributed by atoms with E-state index in [9.17, 15) is 14.7 Å². The molecule has 0 saturated carbocycles. The molecule has 2 aliphatic heterocycles. The number of fused-ring (bicyclic) bond motifs is 1. The molecule has 6 nitrogen and oxygen atoms in total. The predicted octanol–water partition coefficient (Wildman–Crippen LogP) is 3.02. The van der Waals surface area contributed by atoms with E-state index in [0.717, 1.165) is 28.0 Å². The summed E-state index contributed by atoms with van der Waals surface area (Å²) in [6, 6.07) is 0. The van der Waals surface area contributed by atoms with Crippen LogP contribution >= 0.6 is 0 Å². The molecule has 1 fully saturated rings. The lowest BCUT2D eigenvalue weighted by Gasteiger charge is -2.24. The minimum Gasteiger partial charge on any atom is -0.487 e. The maximum atomic E-state index is 11.6. The summed E-state index contributed by atoms with van der Waals surface area (Å²) in [4.78, 5) is 23.1. The highest BCUT2D eigenvalue weighted by atomic mass is 16.5. The van der Waals surface area contributed by atoms with Crippen LogP contribution in [0.2, 0.25) is 0 Å². The summed E-state index contributed by atoms with van der Waals surface area (Å²) in [6.07, 6.45) is 3.49. The quantitative estimate of drug-likeness (QED) is 0.647. The predicted molar refractivity (Wildman–Crippen MR) is 99.8 cm³/mol. The number of carbonyl (C=O) groups is 2. The Morgan fingerprint density at radius 3 is 2.63 bits per heavy atom. The van der Waals surface area contributed by atoms with Crippen molar-refractivity contribution in [3.8, 4) is 11.5 Å². The van der Waals surface area contributed by atoms with Gasteiger partial charge in [0.25, 0.3) is 0 Å². The second-order valence-corrected chi connectivity index (χ2v) is 7.91. The van der Waals surface area contributed by atoms with Crippen LogP contribution in [-0.4, -0.2) is 34.9 Å². The van der Waals surface area contributed by atoms with Crippen LogP contribution in [0.4, 0.5) is 0 Å². The third-order valence-electron chi connectivity index (χ3n) is 4.95. The van der Waals surface area contributed by atoms with E-state index in [-0.39, 0.29) is 18.0 Å². The molecule has 0 bridgehead atoms. The average Bonchev–Trinajstić information content (AvgIpc) is 2.86. The largest absolute Gasteiger partial charge is 0.487 e. The number of esters is 2. The molecule has 1 aromatic rings. The Balaban J connectivity index is 2.04. The highest BCUT2D eigenvalue weighted by molar-refractivity contribution is 5.76. The Bertz CT molecular complexity index is 821. The SMILES string of the molecule is CC(=O)Oc1c(C)c(C=C[C@H]2C[C@H](O)CC(=O)O2)c2c(c1C)CC(C)(C)O2. The van der Waals surface area contributed by atoms with Gasteiger partial charge in [-0.25, -0.2) is 0 Å². The highest BCUT2D eigenvalue weighted by Gasteiger charge is 2.35. The molecule has 3 rings (SSSR count). The summed E-state index contributed by atoms with van der Waals surface area (Å²) in [5, 5.41) is 9.79. The van der Waals surface area contributed by atoms with E-state index in [0.29, 0.717) is 18.6 Å². The zero-order valence-corrected chi connectivity index (χ0v) is 16.4. The molecule has 0 unspecified atom stereocenters. The molecule has 0 spiro atoms. The second-order valence-electron chi connectivity index (χ2n) is 7.91. The third-order valence-corrected chi connectivity index (χ3v) is 4.95. The van der Waals surface area contributed by atoms with Gasteiger partial charge in [-0.3, -0.25) is 9.59 Å². The third kappa shape index (κ3) is 4.00. The minimum absolute atomic E-state index is 0.0250. The first-order valence-electron chi connectivity index (χ1n) is 9.16. The van der Waals surface area contributed by atoms with E-state index >= 15 is 0 Å². The Morgan fingerprint density at radius 1 is 1.30 bits per heavy atom. The van der Waals surface area contributed by atoms with Crippen molar-refractivity contribution in [3.05, 3.63) is 28.3 Å². The number of cyclic esters (lactones) is 1. The fraction of sp³-hybridized carbons (Fsp3) is 0.524. The van der Waals surface area contributed by atoms with Crippen LogP contribution in [0.3, 0.4) is 0 Å². The lowest BCUT2D eigenvalue weighted by Crippen LogP contribution is -2.31. The van der Waals surface area contributed by atoms with Gasteiger partial charge in [0, 0.05) is 36.5 Å². The zero-order valence-electron chi connectivity index (χ0n) is 16.4. The summed E-state index contributed by atoms with van der Waals surface area (Å²) in [5.74, 6) is 0.526. The van der Waals surface area contributed by atoms with E-state index in [1.54, 1.807) is 6.08 Å². The van der Waals surface area contributed by atoms with E-state index < -0.39 is 18.2 Å². The molecular formula is C21H26O6. The molecule has 2 aliphatic rings. The number of ether oxygens (including phenoxy) is 3. The molecule has 146 valence electrons. The monoisotopic (exact) mass is 374 g/mol. The summed E-state index contributed by atoms with van der Waals surface area (Å²) in [5.41, 5.74) is 3.15. The fourth-order valence-corrected chi connectivity index (χ4v) is 3.74. The van der Waals surface area contributed by atoms with Gasteiger partial charge in [0.15, 0.2) is 0 Å². The molecule has 1 N–H and O–H groups in total. The number of hydrogen-bond donors (Lipinski definition) is 1. The van der Waals surface area contributed by atoms with Gasteiger partial charge < -0.3 is 19.3 Å². The molecule has 0 aromatic heterocycles. The number of carbonyl (C=O) groups excluding carboxylic acids is 2. The van der Waals surface area contributed by atoms with Crippen LogP contribution in [0.15, 0.2) is 6.08 Å². The number of hydrogen-bond acceptors (Lipinski definition) is 6. The number of aliphatic hydroxyl groups is 1. The van der Waals surface area contributed by atoms with Crippen molar-refractivity contribution in [2.75, 3.05) is 0 Å². The van der Waals surface area contributed by atoms with Gasteiger partial charge in [-0.05, 0) is 39.3 Å². The van der Waals surface area contributed by atoms with Crippen molar-refractivity contribution >= 4 is 18.0 Å². The smallest absolute Gasteiger partial charge is 0.309 e. The Morgan fingerprint density at radius 2 is 2.00 bits per heavy atom. The van der Waals surface area contributed by atoms with Crippen molar-refractivity contribution in [3.63, 3.8) is 0 Å². The van der Waals surface area contributed by atoms with Gasteiger partial charge in [-0.15, -0.1) is 0 Å². The molecule has 0 aliphatic carbocycles. The van der Waals surface area contributed by atoms with Crippen LogP contribution in [0.25, 0.3) is 6.08 Å². The maximum Gasteiger partial charge on any atom is 0.309 e. The molecule has 1 aromatic carbocycles. The second kappa shape index (κ2) is 7.00. The standard InChI is InChI=1S/C21H26O6/c1-11-16(7-6-15-8-14(23)9-18(24)26-15)20-17(10-21(4,5)27-20)12(2)19(11)25-13(3)22/h6-7,14-15,23H,8-10H2,1-5H3/t14-,15-/m0/s1. The van der Waals surface area contributed by atoms with E-state index in [4.69, 9.17) is 14.2 Å². The number of aliphatic hydroxyl groups excluding tert-OH is 1. The first-order valence-corrected chi connectivity index (χ1v) is 9.16. The lowest BCUT2D eigenvalue weighted by molar-refractivity contribution is -0.156. The van der Waals surface area contributed by atoms with Gasteiger partial charge in [0.05, 0.1) is 12.5 Å². The number of rotatable bonds is 3.